The first kappa shape index (κ1) is 19.5. The largest absolute Gasteiger partial charge is 0.347 e. The van der Waals surface area contributed by atoms with Crippen molar-refractivity contribution in [2.45, 2.75) is 36.3 Å². The number of hydrogen-bond acceptors (Lipinski definition) is 5. The summed E-state index contributed by atoms with van der Waals surface area (Å²) in [5, 5.41) is 7.65. The van der Waals surface area contributed by atoms with Crippen LogP contribution in [0.3, 0.4) is 0 Å². The van der Waals surface area contributed by atoms with E-state index >= 15 is 0 Å². The number of thiophene rings is 1. The number of carbonyl (C=O) groups is 1. The summed E-state index contributed by atoms with van der Waals surface area (Å²) in [6.45, 7) is 1.32. The zero-order valence-corrected chi connectivity index (χ0v) is 18.4. The molecule has 0 aliphatic carbocycles. The molecular formula is C20H22IN5OS. The summed E-state index contributed by atoms with van der Waals surface area (Å²) in [5.41, 5.74) is 10.6. The van der Waals surface area contributed by atoms with Crippen LogP contribution in [0.1, 0.15) is 32.1 Å². The third kappa shape index (κ3) is 3.99. The van der Waals surface area contributed by atoms with E-state index < -0.39 is 0 Å². The van der Waals surface area contributed by atoms with E-state index in [2.05, 4.69) is 42.7 Å². The Hall–Kier alpha value is -1.78. The van der Waals surface area contributed by atoms with Gasteiger partial charge in [0.25, 0.3) is 5.91 Å². The number of rotatable bonds is 6. The fraction of sp³-hybridized carbons (Fsp3) is 0.350. The average Bonchev–Trinajstić information content (AvgIpc) is 3.28. The van der Waals surface area contributed by atoms with E-state index in [4.69, 9.17) is 5.73 Å². The normalized spacial score (nSPS) is 14.1. The smallest absolute Gasteiger partial charge is 0.261 e. The summed E-state index contributed by atoms with van der Waals surface area (Å²) >= 11 is 3.97. The molecule has 0 spiro atoms. The van der Waals surface area contributed by atoms with Crippen LogP contribution in [0.25, 0.3) is 11.3 Å². The molecule has 0 bridgehead atoms. The van der Waals surface area contributed by atoms with Gasteiger partial charge in [0.15, 0.2) is 0 Å². The summed E-state index contributed by atoms with van der Waals surface area (Å²) in [4.78, 5) is 19.0. The topological polar surface area (TPSA) is 85.8 Å². The molecule has 3 aromatic heterocycles. The van der Waals surface area contributed by atoms with Crippen LogP contribution in [0.15, 0.2) is 36.8 Å². The molecule has 0 saturated carbocycles. The molecule has 0 aromatic carbocycles. The summed E-state index contributed by atoms with van der Waals surface area (Å²) in [6.07, 6.45) is 8.19. The molecule has 1 unspecified atom stereocenters. The molecule has 3 N–H and O–H groups in total. The fourth-order valence-electron chi connectivity index (χ4n) is 3.57. The van der Waals surface area contributed by atoms with Gasteiger partial charge in [0.05, 0.1) is 16.8 Å². The van der Waals surface area contributed by atoms with Crippen molar-refractivity contribution in [2.24, 2.45) is 5.73 Å². The van der Waals surface area contributed by atoms with E-state index in [-0.39, 0.29) is 11.9 Å². The van der Waals surface area contributed by atoms with Gasteiger partial charge in [-0.2, -0.15) is 5.10 Å². The second-order valence-corrected chi connectivity index (χ2v) is 8.79. The van der Waals surface area contributed by atoms with Gasteiger partial charge < -0.3 is 11.1 Å². The Labute approximate surface area is 181 Å². The molecule has 3 aromatic rings. The number of amides is 1. The molecule has 4 rings (SSSR count). The van der Waals surface area contributed by atoms with Crippen LogP contribution < -0.4 is 11.1 Å². The van der Waals surface area contributed by atoms with Crippen molar-refractivity contribution in [2.75, 3.05) is 6.54 Å². The van der Waals surface area contributed by atoms with E-state index in [0.29, 0.717) is 13.0 Å². The van der Waals surface area contributed by atoms with Crippen LogP contribution in [-0.4, -0.2) is 33.3 Å². The Balaban J connectivity index is 1.56. The Morgan fingerprint density at radius 1 is 1.39 bits per heavy atom. The molecule has 0 saturated heterocycles. The minimum absolute atomic E-state index is 0.0512. The van der Waals surface area contributed by atoms with E-state index in [9.17, 15) is 4.79 Å². The standard InChI is InChI=1S/C20H22IN5OS/c21-10-14-12-24-26-7-1-2-17-16(19(14)26)9-18(28-17)20(27)25-15(11-22)8-13-3-5-23-6-4-13/h3-6,9,12,15H,1-2,7-8,10-11,22H2,(H,25,27). The van der Waals surface area contributed by atoms with Gasteiger partial charge >= 0.3 is 0 Å². The average molecular weight is 507 g/mol. The zero-order valence-electron chi connectivity index (χ0n) is 15.4. The molecule has 6 nitrogen and oxygen atoms in total. The maximum absolute atomic E-state index is 12.9. The molecule has 28 heavy (non-hydrogen) atoms. The van der Waals surface area contributed by atoms with E-state index in [1.807, 2.05) is 24.4 Å². The number of aryl methyl sites for hydroxylation is 2. The third-order valence-corrected chi connectivity index (χ3v) is 6.99. The van der Waals surface area contributed by atoms with Crippen LogP contribution in [-0.2, 0) is 23.8 Å². The lowest BCUT2D eigenvalue weighted by atomic mass is 10.1. The van der Waals surface area contributed by atoms with Crippen LogP contribution in [0, 0.1) is 0 Å². The second-order valence-electron chi connectivity index (χ2n) is 6.89. The molecule has 1 amide bonds. The van der Waals surface area contributed by atoms with Crippen LogP contribution in [0.4, 0.5) is 0 Å². The predicted molar refractivity (Wildman–Crippen MR) is 120 cm³/mol. The second kappa shape index (κ2) is 8.71. The highest BCUT2D eigenvalue weighted by molar-refractivity contribution is 14.1. The summed E-state index contributed by atoms with van der Waals surface area (Å²) < 4.78 is 2.99. The third-order valence-electron chi connectivity index (χ3n) is 4.97. The van der Waals surface area contributed by atoms with Crippen molar-refractivity contribution >= 4 is 39.8 Å². The van der Waals surface area contributed by atoms with Crippen molar-refractivity contribution in [1.82, 2.24) is 20.1 Å². The van der Waals surface area contributed by atoms with Crippen LogP contribution >= 0.6 is 33.9 Å². The Kier molecular flexibility index (Phi) is 6.07. The lowest BCUT2D eigenvalue weighted by Crippen LogP contribution is -2.41. The fourth-order valence-corrected chi connectivity index (χ4v) is 5.24. The van der Waals surface area contributed by atoms with Crippen molar-refractivity contribution in [3.63, 3.8) is 0 Å². The highest BCUT2D eigenvalue weighted by atomic mass is 127. The lowest BCUT2D eigenvalue weighted by Gasteiger charge is -2.16. The van der Waals surface area contributed by atoms with Gasteiger partial charge in [0, 0.05) is 52.0 Å². The number of alkyl halides is 1. The van der Waals surface area contributed by atoms with E-state index in [0.717, 1.165) is 39.8 Å². The monoisotopic (exact) mass is 507 g/mol. The SMILES string of the molecule is NCC(Cc1ccncc1)NC(=O)c1cc2c(s1)CCCn1ncc(CI)c1-2. The minimum atomic E-state index is -0.104. The van der Waals surface area contributed by atoms with E-state index in [1.54, 1.807) is 23.7 Å². The quantitative estimate of drug-likeness (QED) is 0.397. The zero-order chi connectivity index (χ0) is 19.5. The number of carbonyl (C=O) groups excluding carboxylic acids is 1. The van der Waals surface area contributed by atoms with Crippen LogP contribution in [0.2, 0.25) is 0 Å². The number of fused-ring (bicyclic) bond motifs is 3. The molecule has 1 atom stereocenters. The van der Waals surface area contributed by atoms with Gasteiger partial charge in [-0.25, -0.2) is 0 Å². The number of halogens is 1. The molecule has 0 radical (unpaired) electrons. The molecular weight excluding hydrogens is 485 g/mol. The first-order valence-electron chi connectivity index (χ1n) is 9.33. The van der Waals surface area contributed by atoms with Crippen molar-refractivity contribution < 1.29 is 4.79 Å². The lowest BCUT2D eigenvalue weighted by molar-refractivity contribution is 0.0942. The Morgan fingerprint density at radius 2 is 2.21 bits per heavy atom. The Bertz CT molecular complexity index is 968. The van der Waals surface area contributed by atoms with Crippen LogP contribution in [0.5, 0.6) is 0 Å². The summed E-state index contributed by atoms with van der Waals surface area (Å²) in [7, 11) is 0. The number of nitrogens with one attached hydrogen (secondary N) is 1. The summed E-state index contributed by atoms with van der Waals surface area (Å²) in [6, 6.07) is 5.83. The number of nitrogens with two attached hydrogens (primary N) is 1. The highest BCUT2D eigenvalue weighted by Gasteiger charge is 2.24. The number of nitrogens with zero attached hydrogens (tertiary/aromatic N) is 3. The number of pyridine rings is 1. The van der Waals surface area contributed by atoms with Gasteiger partial charge in [-0.15, -0.1) is 11.3 Å². The van der Waals surface area contributed by atoms with E-state index in [1.165, 1.54) is 16.1 Å². The van der Waals surface area contributed by atoms with Crippen molar-refractivity contribution in [1.29, 1.82) is 0 Å². The maximum Gasteiger partial charge on any atom is 0.261 e. The summed E-state index contributed by atoms with van der Waals surface area (Å²) in [5.74, 6) is -0.0512. The molecule has 0 fully saturated rings. The number of aromatic nitrogens is 3. The van der Waals surface area contributed by atoms with Gasteiger partial charge in [-0.1, -0.05) is 22.6 Å². The van der Waals surface area contributed by atoms with Gasteiger partial charge in [-0.05, 0) is 43.0 Å². The highest BCUT2D eigenvalue weighted by Crippen LogP contribution is 2.37. The van der Waals surface area contributed by atoms with Gasteiger partial charge in [-0.3, -0.25) is 14.5 Å². The first-order chi connectivity index (χ1) is 13.7. The molecule has 8 heteroatoms. The predicted octanol–water partition coefficient (Wildman–Crippen LogP) is 3.19. The molecule has 146 valence electrons. The molecule has 1 aliphatic heterocycles. The number of hydrogen-bond donors (Lipinski definition) is 2. The van der Waals surface area contributed by atoms with Crippen molar-refractivity contribution in [3.05, 3.63) is 57.7 Å². The molecule has 1 aliphatic rings. The Morgan fingerprint density at radius 3 is 2.96 bits per heavy atom. The first-order valence-corrected chi connectivity index (χ1v) is 11.7. The maximum atomic E-state index is 12.9. The minimum Gasteiger partial charge on any atom is -0.347 e. The van der Waals surface area contributed by atoms with Gasteiger partial charge in [0.1, 0.15) is 0 Å². The van der Waals surface area contributed by atoms with Gasteiger partial charge in [0.2, 0.25) is 0 Å². The molecule has 4 heterocycles. The van der Waals surface area contributed by atoms with Crippen molar-refractivity contribution in [3.8, 4) is 11.3 Å².